The maximum absolute atomic E-state index is 10.9. The molecule has 0 aliphatic carbocycles. The van der Waals surface area contributed by atoms with Crippen molar-refractivity contribution in [2.75, 3.05) is 0 Å². The molecule has 0 saturated heterocycles. The van der Waals surface area contributed by atoms with Gasteiger partial charge in [0.15, 0.2) is 0 Å². The van der Waals surface area contributed by atoms with Gasteiger partial charge in [-0.2, -0.15) is 0 Å². The molecule has 1 heterocycles. The Morgan fingerprint density at radius 1 is 1.39 bits per heavy atom. The Morgan fingerprint density at radius 2 is 2.06 bits per heavy atom. The van der Waals surface area contributed by atoms with Crippen LogP contribution in [-0.4, -0.2) is 16.1 Å². The normalized spacial score (nSPS) is 12.3. The van der Waals surface area contributed by atoms with Crippen LogP contribution >= 0.6 is 11.3 Å². The van der Waals surface area contributed by atoms with Crippen LogP contribution in [0.15, 0.2) is 29.6 Å². The molecule has 0 aliphatic heterocycles. The summed E-state index contributed by atoms with van der Waals surface area (Å²) in [6.07, 6.45) is 1.01. The fourth-order valence-electron chi connectivity index (χ4n) is 1.64. The van der Waals surface area contributed by atoms with Crippen molar-refractivity contribution in [2.45, 2.75) is 26.2 Å². The minimum atomic E-state index is -0.836. The number of aryl methyl sites for hydroxylation is 1. The van der Waals surface area contributed by atoms with Crippen LogP contribution in [0.25, 0.3) is 11.3 Å². The van der Waals surface area contributed by atoms with Gasteiger partial charge in [0.25, 0.3) is 0 Å². The highest BCUT2D eigenvalue weighted by Crippen LogP contribution is 2.26. The summed E-state index contributed by atoms with van der Waals surface area (Å²) in [5, 5.41) is 11.5. The summed E-state index contributed by atoms with van der Waals surface area (Å²) < 4.78 is 0. The van der Waals surface area contributed by atoms with E-state index in [4.69, 9.17) is 5.11 Å². The summed E-state index contributed by atoms with van der Waals surface area (Å²) in [6, 6.07) is 8.22. The molecule has 1 unspecified atom stereocenters. The Labute approximate surface area is 110 Å². The largest absolute Gasteiger partial charge is 0.481 e. The van der Waals surface area contributed by atoms with E-state index in [2.05, 4.69) is 24.0 Å². The fraction of sp³-hybridized carbons (Fsp3) is 0.286. The Hall–Kier alpha value is -1.68. The molecule has 1 aromatic heterocycles. The number of nitrogens with zero attached hydrogens (tertiary/aromatic N) is 1. The van der Waals surface area contributed by atoms with Crippen molar-refractivity contribution >= 4 is 17.3 Å². The second-order valence-corrected chi connectivity index (χ2v) is 5.07. The van der Waals surface area contributed by atoms with Gasteiger partial charge in [0.1, 0.15) is 10.9 Å². The molecule has 1 aromatic carbocycles. The van der Waals surface area contributed by atoms with E-state index in [1.165, 1.54) is 16.9 Å². The Morgan fingerprint density at radius 3 is 2.61 bits per heavy atom. The average molecular weight is 261 g/mol. The smallest absolute Gasteiger partial charge is 0.313 e. The van der Waals surface area contributed by atoms with Crippen molar-refractivity contribution in [1.29, 1.82) is 0 Å². The van der Waals surface area contributed by atoms with E-state index in [0.717, 1.165) is 17.7 Å². The molecule has 3 nitrogen and oxygen atoms in total. The molecular weight excluding hydrogens is 246 g/mol. The van der Waals surface area contributed by atoms with Crippen LogP contribution < -0.4 is 0 Å². The summed E-state index contributed by atoms with van der Waals surface area (Å²) in [4.78, 5) is 15.3. The summed E-state index contributed by atoms with van der Waals surface area (Å²) in [7, 11) is 0. The summed E-state index contributed by atoms with van der Waals surface area (Å²) in [5.74, 6) is -1.38. The van der Waals surface area contributed by atoms with Crippen LogP contribution in [0.1, 0.15) is 30.3 Å². The highest BCUT2D eigenvalue weighted by atomic mass is 32.1. The lowest BCUT2D eigenvalue weighted by Crippen LogP contribution is -2.06. The number of benzene rings is 1. The second kappa shape index (κ2) is 5.31. The van der Waals surface area contributed by atoms with Gasteiger partial charge >= 0.3 is 5.97 Å². The van der Waals surface area contributed by atoms with Crippen molar-refractivity contribution in [3.63, 3.8) is 0 Å². The summed E-state index contributed by atoms with van der Waals surface area (Å²) in [6.45, 7) is 3.77. The number of rotatable bonds is 4. The molecule has 0 spiro atoms. The molecule has 4 heteroatoms. The van der Waals surface area contributed by atoms with Crippen LogP contribution in [0.5, 0.6) is 0 Å². The molecule has 0 bridgehead atoms. The lowest BCUT2D eigenvalue weighted by molar-refractivity contribution is -0.138. The van der Waals surface area contributed by atoms with E-state index < -0.39 is 11.9 Å². The van der Waals surface area contributed by atoms with Gasteiger partial charge in [0, 0.05) is 10.9 Å². The fourth-order valence-corrected chi connectivity index (χ4v) is 2.51. The molecule has 94 valence electrons. The first-order valence-electron chi connectivity index (χ1n) is 5.89. The van der Waals surface area contributed by atoms with Crippen LogP contribution in [0.2, 0.25) is 0 Å². The first-order chi connectivity index (χ1) is 8.61. The molecule has 18 heavy (non-hydrogen) atoms. The van der Waals surface area contributed by atoms with E-state index in [0.29, 0.717) is 5.01 Å². The van der Waals surface area contributed by atoms with Gasteiger partial charge < -0.3 is 5.11 Å². The van der Waals surface area contributed by atoms with E-state index >= 15 is 0 Å². The lowest BCUT2D eigenvalue weighted by atomic mass is 10.1. The number of hydrogen-bond donors (Lipinski definition) is 1. The van der Waals surface area contributed by atoms with Gasteiger partial charge in [-0.25, -0.2) is 4.98 Å². The second-order valence-electron chi connectivity index (χ2n) is 4.18. The average Bonchev–Trinajstić information content (AvgIpc) is 2.87. The molecule has 0 saturated carbocycles. The third-order valence-electron chi connectivity index (χ3n) is 2.92. The third-order valence-corrected chi connectivity index (χ3v) is 3.95. The number of aromatic nitrogens is 1. The van der Waals surface area contributed by atoms with Crippen molar-refractivity contribution in [3.8, 4) is 11.3 Å². The van der Waals surface area contributed by atoms with E-state index in [1.807, 2.05) is 17.5 Å². The quantitative estimate of drug-likeness (QED) is 0.915. The monoisotopic (exact) mass is 261 g/mol. The predicted molar refractivity (Wildman–Crippen MR) is 73.0 cm³/mol. The zero-order valence-electron chi connectivity index (χ0n) is 10.4. The Kier molecular flexibility index (Phi) is 3.77. The van der Waals surface area contributed by atoms with Gasteiger partial charge in [-0.15, -0.1) is 11.3 Å². The summed E-state index contributed by atoms with van der Waals surface area (Å²) in [5.41, 5.74) is 3.17. The topological polar surface area (TPSA) is 50.2 Å². The standard InChI is InChI=1S/C14H15NO2S/c1-3-10-4-6-11(7-5-10)12-8-18-13(15-12)9(2)14(16)17/h4-9H,3H2,1-2H3,(H,16,17). The molecule has 1 N–H and O–H groups in total. The van der Waals surface area contributed by atoms with Gasteiger partial charge in [0.05, 0.1) is 5.69 Å². The zero-order valence-corrected chi connectivity index (χ0v) is 11.2. The van der Waals surface area contributed by atoms with Crippen molar-refractivity contribution in [3.05, 3.63) is 40.2 Å². The third kappa shape index (κ3) is 2.59. The maximum Gasteiger partial charge on any atom is 0.313 e. The first-order valence-corrected chi connectivity index (χ1v) is 6.77. The van der Waals surface area contributed by atoms with Gasteiger partial charge in [-0.1, -0.05) is 31.2 Å². The molecular formula is C14H15NO2S. The molecule has 2 rings (SSSR count). The number of carbonyl (C=O) groups is 1. The highest BCUT2D eigenvalue weighted by molar-refractivity contribution is 7.10. The zero-order chi connectivity index (χ0) is 13.1. The minimum absolute atomic E-state index is 0.543. The van der Waals surface area contributed by atoms with E-state index in [1.54, 1.807) is 6.92 Å². The first kappa shape index (κ1) is 12.8. The maximum atomic E-state index is 10.9. The van der Waals surface area contributed by atoms with Crippen LogP contribution in [0.4, 0.5) is 0 Å². The molecule has 0 radical (unpaired) electrons. The van der Waals surface area contributed by atoms with E-state index in [-0.39, 0.29) is 0 Å². The van der Waals surface area contributed by atoms with Crippen molar-refractivity contribution in [1.82, 2.24) is 4.98 Å². The molecule has 2 aromatic rings. The summed E-state index contributed by atoms with van der Waals surface area (Å²) >= 11 is 1.40. The van der Waals surface area contributed by atoms with Crippen LogP contribution in [0, 0.1) is 0 Å². The number of aliphatic carboxylic acids is 1. The number of thiazole rings is 1. The number of carboxylic acid groups (broad SMARTS) is 1. The van der Waals surface area contributed by atoms with Gasteiger partial charge in [-0.05, 0) is 18.9 Å². The van der Waals surface area contributed by atoms with Crippen molar-refractivity contribution in [2.24, 2.45) is 0 Å². The number of carboxylic acids is 1. The molecule has 1 atom stereocenters. The SMILES string of the molecule is CCc1ccc(-c2csc(C(C)C(=O)O)n2)cc1. The van der Waals surface area contributed by atoms with Gasteiger partial charge in [-0.3, -0.25) is 4.79 Å². The highest BCUT2D eigenvalue weighted by Gasteiger charge is 2.17. The molecule has 0 fully saturated rings. The van der Waals surface area contributed by atoms with Gasteiger partial charge in [0.2, 0.25) is 0 Å². The Bertz CT molecular complexity index is 545. The minimum Gasteiger partial charge on any atom is -0.481 e. The van der Waals surface area contributed by atoms with Crippen LogP contribution in [-0.2, 0) is 11.2 Å². The van der Waals surface area contributed by atoms with Crippen molar-refractivity contribution < 1.29 is 9.90 Å². The Balaban J connectivity index is 2.26. The molecule has 0 aliphatic rings. The lowest BCUT2D eigenvalue weighted by Gasteiger charge is -2.01. The number of hydrogen-bond acceptors (Lipinski definition) is 3. The van der Waals surface area contributed by atoms with Crippen LogP contribution in [0.3, 0.4) is 0 Å². The predicted octanol–water partition coefficient (Wildman–Crippen LogP) is 3.56. The molecule has 0 amide bonds. The van der Waals surface area contributed by atoms with E-state index in [9.17, 15) is 4.79 Å².